The zero-order chi connectivity index (χ0) is 14.5. The second-order valence-electron chi connectivity index (χ2n) is 4.43. The fraction of sp³-hybridized carbons (Fsp3) is 0.357. The zero-order valence-electron chi connectivity index (χ0n) is 11.2. The van der Waals surface area contributed by atoms with E-state index in [-0.39, 0.29) is 5.75 Å². The number of ether oxygens (including phenoxy) is 1. The Bertz CT molecular complexity index is 552. The van der Waals surface area contributed by atoms with Gasteiger partial charge in [0.25, 0.3) is 0 Å². The smallest absolute Gasteiger partial charge is 0.387 e. The van der Waals surface area contributed by atoms with E-state index in [4.69, 9.17) is 5.73 Å². The molecular formula is C14H17F2N3O. The van der Waals surface area contributed by atoms with E-state index in [0.29, 0.717) is 11.5 Å². The highest BCUT2D eigenvalue weighted by atomic mass is 19.3. The van der Waals surface area contributed by atoms with Crippen molar-refractivity contribution in [3.63, 3.8) is 0 Å². The van der Waals surface area contributed by atoms with Gasteiger partial charge in [0.1, 0.15) is 17.3 Å². The van der Waals surface area contributed by atoms with Crippen molar-refractivity contribution in [2.75, 3.05) is 5.73 Å². The molecule has 1 aromatic heterocycles. The predicted molar refractivity (Wildman–Crippen MR) is 73.6 cm³/mol. The monoisotopic (exact) mass is 281 g/mol. The molecule has 0 aliphatic carbocycles. The summed E-state index contributed by atoms with van der Waals surface area (Å²) in [5.74, 6) is 0.703. The second kappa shape index (κ2) is 6.36. The minimum absolute atomic E-state index is 0.118. The Morgan fingerprint density at radius 1 is 1.30 bits per heavy atom. The van der Waals surface area contributed by atoms with Crippen molar-refractivity contribution < 1.29 is 13.5 Å². The van der Waals surface area contributed by atoms with Crippen molar-refractivity contribution in [1.82, 2.24) is 9.55 Å². The van der Waals surface area contributed by atoms with Crippen LogP contribution in [-0.4, -0.2) is 16.2 Å². The van der Waals surface area contributed by atoms with Crippen LogP contribution in [0.1, 0.15) is 19.8 Å². The molecule has 0 unspecified atom stereocenters. The van der Waals surface area contributed by atoms with Gasteiger partial charge in [0.2, 0.25) is 0 Å². The van der Waals surface area contributed by atoms with Gasteiger partial charge in [-0.2, -0.15) is 8.78 Å². The number of aryl methyl sites for hydroxylation is 1. The number of aromatic nitrogens is 2. The first kappa shape index (κ1) is 14.3. The minimum atomic E-state index is -2.82. The van der Waals surface area contributed by atoms with Crippen LogP contribution >= 0.6 is 0 Å². The predicted octanol–water partition coefficient (Wildman–Crippen LogP) is 3.53. The van der Waals surface area contributed by atoms with Gasteiger partial charge < -0.3 is 15.0 Å². The zero-order valence-corrected chi connectivity index (χ0v) is 11.2. The number of imidazole rings is 1. The maximum Gasteiger partial charge on any atom is 0.387 e. The van der Waals surface area contributed by atoms with E-state index in [1.807, 2.05) is 4.57 Å². The third kappa shape index (κ3) is 3.26. The molecule has 0 amide bonds. The standard InChI is InChI=1S/C14H17F2N3O/c1-2-3-8-19-9-18-12(13(19)17)10-4-6-11(7-5-10)20-14(15)16/h4-7,9,14H,2-3,8,17H2,1H3. The van der Waals surface area contributed by atoms with Crippen molar-refractivity contribution in [2.45, 2.75) is 32.9 Å². The first-order valence-electron chi connectivity index (χ1n) is 6.47. The van der Waals surface area contributed by atoms with Gasteiger partial charge >= 0.3 is 6.61 Å². The third-order valence-electron chi connectivity index (χ3n) is 2.98. The number of nitrogen functional groups attached to an aromatic ring is 1. The van der Waals surface area contributed by atoms with Gasteiger partial charge in [0, 0.05) is 12.1 Å². The summed E-state index contributed by atoms with van der Waals surface area (Å²) in [5, 5.41) is 0. The number of hydrogen-bond donors (Lipinski definition) is 1. The molecule has 1 heterocycles. The molecular weight excluding hydrogens is 264 g/mol. The van der Waals surface area contributed by atoms with Gasteiger partial charge in [-0.3, -0.25) is 0 Å². The van der Waals surface area contributed by atoms with Crippen LogP contribution in [0.3, 0.4) is 0 Å². The molecule has 4 nitrogen and oxygen atoms in total. The van der Waals surface area contributed by atoms with Crippen LogP contribution < -0.4 is 10.5 Å². The summed E-state index contributed by atoms with van der Waals surface area (Å²) >= 11 is 0. The van der Waals surface area contributed by atoms with Crippen LogP contribution in [0.2, 0.25) is 0 Å². The normalized spacial score (nSPS) is 11.0. The molecule has 0 aliphatic rings. The van der Waals surface area contributed by atoms with Crippen molar-refractivity contribution >= 4 is 5.82 Å². The van der Waals surface area contributed by atoms with Crippen LogP contribution in [0.25, 0.3) is 11.3 Å². The molecule has 2 rings (SSSR count). The van der Waals surface area contributed by atoms with Crippen LogP contribution in [0.5, 0.6) is 5.75 Å². The Labute approximate surface area is 116 Å². The maximum absolute atomic E-state index is 12.1. The first-order chi connectivity index (χ1) is 9.61. The summed E-state index contributed by atoms with van der Waals surface area (Å²) in [6.07, 6.45) is 3.80. The van der Waals surface area contributed by atoms with Crippen molar-refractivity contribution in [3.8, 4) is 17.0 Å². The topological polar surface area (TPSA) is 53.1 Å². The molecule has 108 valence electrons. The minimum Gasteiger partial charge on any atom is -0.435 e. The number of halogens is 2. The highest BCUT2D eigenvalue weighted by Gasteiger charge is 2.10. The number of nitrogens with zero attached hydrogens (tertiary/aromatic N) is 2. The second-order valence-corrected chi connectivity index (χ2v) is 4.43. The molecule has 20 heavy (non-hydrogen) atoms. The van der Waals surface area contributed by atoms with Gasteiger partial charge in [-0.15, -0.1) is 0 Å². The van der Waals surface area contributed by atoms with Crippen LogP contribution in [0.4, 0.5) is 14.6 Å². The van der Waals surface area contributed by atoms with Crippen molar-refractivity contribution in [1.29, 1.82) is 0 Å². The van der Waals surface area contributed by atoms with E-state index in [9.17, 15) is 8.78 Å². The average molecular weight is 281 g/mol. The highest BCUT2D eigenvalue weighted by molar-refractivity contribution is 5.70. The number of benzene rings is 1. The Morgan fingerprint density at radius 3 is 2.60 bits per heavy atom. The van der Waals surface area contributed by atoms with Crippen LogP contribution in [0, 0.1) is 0 Å². The van der Waals surface area contributed by atoms with Crippen LogP contribution in [0.15, 0.2) is 30.6 Å². The Balaban J connectivity index is 2.17. The average Bonchev–Trinajstić information content (AvgIpc) is 2.78. The molecule has 0 aliphatic heterocycles. The Hall–Kier alpha value is -2.11. The maximum atomic E-state index is 12.1. The van der Waals surface area contributed by atoms with E-state index in [2.05, 4.69) is 16.6 Å². The summed E-state index contributed by atoms with van der Waals surface area (Å²) in [6.45, 7) is 0.108. The molecule has 2 N–H and O–H groups in total. The van der Waals surface area contributed by atoms with Crippen LogP contribution in [-0.2, 0) is 6.54 Å². The molecule has 0 fully saturated rings. The number of anilines is 1. The lowest BCUT2D eigenvalue weighted by Crippen LogP contribution is -2.02. The number of unbranched alkanes of at least 4 members (excludes halogenated alkanes) is 1. The molecule has 0 radical (unpaired) electrons. The van der Waals surface area contributed by atoms with Gasteiger partial charge in [0.15, 0.2) is 0 Å². The molecule has 0 bridgehead atoms. The van der Waals surface area contributed by atoms with E-state index in [1.54, 1.807) is 18.5 Å². The summed E-state index contributed by atoms with van der Waals surface area (Å²) in [4.78, 5) is 4.28. The molecule has 0 spiro atoms. The number of hydrogen-bond acceptors (Lipinski definition) is 3. The van der Waals surface area contributed by atoms with Crippen molar-refractivity contribution in [2.24, 2.45) is 0 Å². The Kier molecular flexibility index (Phi) is 4.55. The summed E-state index contributed by atoms with van der Waals surface area (Å²) in [5.41, 5.74) is 7.48. The summed E-state index contributed by atoms with van der Waals surface area (Å²) < 4.78 is 30.3. The van der Waals surface area contributed by atoms with Crippen molar-refractivity contribution in [3.05, 3.63) is 30.6 Å². The number of nitrogens with two attached hydrogens (primary N) is 1. The fourth-order valence-corrected chi connectivity index (χ4v) is 1.92. The van der Waals surface area contributed by atoms with E-state index in [0.717, 1.165) is 24.9 Å². The van der Waals surface area contributed by atoms with Gasteiger partial charge in [-0.25, -0.2) is 4.98 Å². The summed E-state index contributed by atoms with van der Waals surface area (Å²) in [6, 6.07) is 6.29. The quantitative estimate of drug-likeness (QED) is 0.881. The first-order valence-corrected chi connectivity index (χ1v) is 6.47. The van der Waals surface area contributed by atoms with Gasteiger partial charge in [0.05, 0.1) is 6.33 Å². The molecule has 0 atom stereocenters. The SMILES string of the molecule is CCCCn1cnc(-c2ccc(OC(F)F)cc2)c1N. The molecule has 6 heteroatoms. The van der Waals surface area contributed by atoms with Gasteiger partial charge in [-0.05, 0) is 30.7 Å². The number of alkyl halides is 2. The third-order valence-corrected chi connectivity index (χ3v) is 2.98. The fourth-order valence-electron chi connectivity index (χ4n) is 1.92. The molecule has 0 saturated carbocycles. The highest BCUT2D eigenvalue weighted by Crippen LogP contribution is 2.26. The van der Waals surface area contributed by atoms with Gasteiger partial charge in [-0.1, -0.05) is 13.3 Å². The number of rotatable bonds is 6. The van der Waals surface area contributed by atoms with E-state index >= 15 is 0 Å². The lowest BCUT2D eigenvalue weighted by molar-refractivity contribution is -0.0498. The lowest BCUT2D eigenvalue weighted by atomic mass is 10.1. The van der Waals surface area contributed by atoms with E-state index in [1.165, 1.54) is 12.1 Å². The Morgan fingerprint density at radius 2 is 2.00 bits per heavy atom. The largest absolute Gasteiger partial charge is 0.435 e. The van der Waals surface area contributed by atoms with E-state index < -0.39 is 6.61 Å². The lowest BCUT2D eigenvalue weighted by Gasteiger charge is -2.06. The molecule has 1 aromatic carbocycles. The summed E-state index contributed by atoms with van der Waals surface area (Å²) in [7, 11) is 0. The molecule has 2 aromatic rings. The molecule has 0 saturated heterocycles.